The van der Waals surface area contributed by atoms with Gasteiger partial charge in [0.2, 0.25) is 0 Å². The minimum Gasteiger partial charge on any atom is -0.435 e. The summed E-state index contributed by atoms with van der Waals surface area (Å²) in [4.78, 5) is 0. The average Bonchev–Trinajstić information content (AvgIpc) is 2.30. The fourth-order valence-electron chi connectivity index (χ4n) is 1.52. The molecule has 0 saturated heterocycles. The van der Waals surface area contributed by atoms with E-state index in [4.69, 9.17) is 0 Å². The molecule has 1 aromatic rings. The van der Waals surface area contributed by atoms with E-state index in [9.17, 15) is 8.78 Å². The van der Waals surface area contributed by atoms with Crippen molar-refractivity contribution in [2.45, 2.75) is 39.3 Å². The van der Waals surface area contributed by atoms with E-state index in [0.717, 1.165) is 18.7 Å². The van der Waals surface area contributed by atoms with Gasteiger partial charge in [-0.3, -0.25) is 0 Å². The van der Waals surface area contributed by atoms with Crippen LogP contribution in [0.15, 0.2) is 24.3 Å². The van der Waals surface area contributed by atoms with Gasteiger partial charge in [-0.2, -0.15) is 8.78 Å². The lowest BCUT2D eigenvalue weighted by molar-refractivity contribution is -0.0498. The van der Waals surface area contributed by atoms with Crippen molar-refractivity contribution in [1.82, 2.24) is 5.32 Å². The second-order valence-corrected chi connectivity index (χ2v) is 3.91. The zero-order chi connectivity index (χ0) is 12.5. The molecule has 0 atom stereocenters. The Kier molecular flexibility index (Phi) is 6.55. The lowest BCUT2D eigenvalue weighted by atomic mass is 10.2. The molecule has 1 rings (SSSR count). The molecule has 0 fully saturated rings. The second-order valence-electron chi connectivity index (χ2n) is 3.91. The van der Waals surface area contributed by atoms with Gasteiger partial charge in [-0.05, 0) is 30.7 Å². The lowest BCUT2D eigenvalue weighted by Crippen LogP contribution is -2.14. The first-order valence-corrected chi connectivity index (χ1v) is 5.97. The van der Waals surface area contributed by atoms with Crippen LogP contribution in [0.25, 0.3) is 0 Å². The molecular weight excluding hydrogens is 224 g/mol. The molecule has 0 aliphatic rings. The highest BCUT2D eigenvalue weighted by Crippen LogP contribution is 2.14. The number of unbranched alkanes of at least 4 members (excludes halogenated alkanes) is 2. The maximum atomic E-state index is 11.9. The van der Waals surface area contributed by atoms with Crippen molar-refractivity contribution < 1.29 is 13.5 Å². The smallest absolute Gasteiger partial charge is 0.387 e. The van der Waals surface area contributed by atoms with Gasteiger partial charge in [-0.15, -0.1) is 0 Å². The lowest BCUT2D eigenvalue weighted by Gasteiger charge is -2.07. The predicted octanol–water partition coefficient (Wildman–Crippen LogP) is 3.57. The average molecular weight is 243 g/mol. The third kappa shape index (κ3) is 6.22. The number of benzene rings is 1. The molecule has 96 valence electrons. The molecular formula is C13H19F2NO. The summed E-state index contributed by atoms with van der Waals surface area (Å²) in [6.07, 6.45) is 3.61. The van der Waals surface area contributed by atoms with Crippen molar-refractivity contribution in [2.24, 2.45) is 0 Å². The molecule has 0 saturated carbocycles. The van der Waals surface area contributed by atoms with E-state index in [-0.39, 0.29) is 5.75 Å². The molecule has 0 heterocycles. The Hall–Kier alpha value is -1.16. The topological polar surface area (TPSA) is 21.3 Å². The summed E-state index contributed by atoms with van der Waals surface area (Å²) in [5.74, 6) is 0.203. The number of alkyl halides is 2. The summed E-state index contributed by atoms with van der Waals surface area (Å²) in [6.45, 7) is 1.16. The van der Waals surface area contributed by atoms with Crippen LogP contribution >= 0.6 is 0 Å². The van der Waals surface area contributed by atoms with Crippen LogP contribution in [0.1, 0.15) is 31.7 Å². The van der Waals surface area contributed by atoms with Gasteiger partial charge in [0.25, 0.3) is 0 Å². The SMILES string of the molecule is CCCCCNCc1ccc(OC(F)F)cc1. The molecule has 0 radical (unpaired) electrons. The largest absolute Gasteiger partial charge is 0.435 e. The Morgan fingerprint density at radius 3 is 2.47 bits per heavy atom. The number of ether oxygens (including phenoxy) is 1. The van der Waals surface area contributed by atoms with Crippen LogP contribution in [0.4, 0.5) is 8.78 Å². The predicted molar refractivity (Wildman–Crippen MR) is 64.3 cm³/mol. The zero-order valence-corrected chi connectivity index (χ0v) is 10.1. The number of halogens is 2. The summed E-state index contributed by atoms with van der Waals surface area (Å²) < 4.78 is 28.1. The first-order valence-electron chi connectivity index (χ1n) is 5.97. The van der Waals surface area contributed by atoms with Gasteiger partial charge in [0.15, 0.2) is 0 Å². The van der Waals surface area contributed by atoms with Crippen molar-refractivity contribution in [3.05, 3.63) is 29.8 Å². The van der Waals surface area contributed by atoms with Crippen LogP contribution < -0.4 is 10.1 Å². The first-order chi connectivity index (χ1) is 8.22. The zero-order valence-electron chi connectivity index (χ0n) is 10.1. The molecule has 0 unspecified atom stereocenters. The fraction of sp³-hybridized carbons (Fsp3) is 0.538. The Bertz CT molecular complexity index is 301. The maximum absolute atomic E-state index is 11.9. The van der Waals surface area contributed by atoms with Crippen molar-refractivity contribution in [2.75, 3.05) is 6.54 Å². The number of nitrogens with one attached hydrogen (secondary N) is 1. The Morgan fingerprint density at radius 1 is 1.18 bits per heavy atom. The van der Waals surface area contributed by atoms with Crippen molar-refractivity contribution in [3.8, 4) is 5.75 Å². The van der Waals surface area contributed by atoms with Crippen LogP contribution in [0.5, 0.6) is 5.75 Å². The van der Waals surface area contributed by atoms with E-state index in [1.807, 2.05) is 0 Å². The molecule has 0 spiro atoms. The van der Waals surface area contributed by atoms with E-state index in [1.165, 1.54) is 19.3 Å². The molecule has 1 aromatic carbocycles. The normalized spacial score (nSPS) is 10.8. The summed E-state index contributed by atoms with van der Waals surface area (Å²) in [5, 5.41) is 3.31. The standard InChI is InChI=1S/C13H19F2NO/c1-2-3-4-9-16-10-11-5-7-12(8-6-11)17-13(14)15/h5-8,13,16H,2-4,9-10H2,1H3. The van der Waals surface area contributed by atoms with E-state index in [2.05, 4.69) is 17.0 Å². The minimum atomic E-state index is -2.76. The van der Waals surface area contributed by atoms with Gasteiger partial charge in [0.1, 0.15) is 5.75 Å². The van der Waals surface area contributed by atoms with Crippen LogP contribution in [0.3, 0.4) is 0 Å². The third-order valence-corrected chi connectivity index (χ3v) is 2.43. The van der Waals surface area contributed by atoms with Crippen LogP contribution in [-0.2, 0) is 6.54 Å². The third-order valence-electron chi connectivity index (χ3n) is 2.43. The van der Waals surface area contributed by atoms with Gasteiger partial charge in [0, 0.05) is 6.54 Å². The molecule has 2 nitrogen and oxygen atoms in total. The molecule has 0 aliphatic carbocycles. The summed E-state index contributed by atoms with van der Waals surface area (Å²) >= 11 is 0. The second kappa shape index (κ2) is 8.01. The Morgan fingerprint density at radius 2 is 1.88 bits per heavy atom. The molecule has 1 N–H and O–H groups in total. The molecule has 0 aromatic heterocycles. The number of hydrogen-bond acceptors (Lipinski definition) is 2. The van der Waals surface area contributed by atoms with Crippen molar-refractivity contribution in [3.63, 3.8) is 0 Å². The summed E-state index contributed by atoms with van der Waals surface area (Å²) in [5.41, 5.74) is 1.07. The van der Waals surface area contributed by atoms with Gasteiger partial charge >= 0.3 is 6.61 Å². The number of rotatable bonds is 8. The van der Waals surface area contributed by atoms with E-state index < -0.39 is 6.61 Å². The summed E-state index contributed by atoms with van der Waals surface area (Å²) in [6, 6.07) is 6.72. The molecule has 0 aliphatic heterocycles. The number of hydrogen-bond donors (Lipinski definition) is 1. The quantitative estimate of drug-likeness (QED) is 0.705. The highest BCUT2D eigenvalue weighted by molar-refractivity contribution is 5.27. The monoisotopic (exact) mass is 243 g/mol. The molecule has 17 heavy (non-hydrogen) atoms. The van der Waals surface area contributed by atoms with Crippen LogP contribution in [0, 0.1) is 0 Å². The Labute approximate surface area is 101 Å². The van der Waals surface area contributed by atoms with Gasteiger partial charge < -0.3 is 10.1 Å². The first kappa shape index (κ1) is 13.9. The van der Waals surface area contributed by atoms with Gasteiger partial charge in [0.05, 0.1) is 0 Å². The fourth-order valence-corrected chi connectivity index (χ4v) is 1.52. The van der Waals surface area contributed by atoms with E-state index in [0.29, 0.717) is 0 Å². The summed E-state index contributed by atoms with van der Waals surface area (Å²) in [7, 11) is 0. The van der Waals surface area contributed by atoms with E-state index in [1.54, 1.807) is 24.3 Å². The Balaban J connectivity index is 2.25. The van der Waals surface area contributed by atoms with Crippen LogP contribution in [-0.4, -0.2) is 13.2 Å². The maximum Gasteiger partial charge on any atom is 0.387 e. The van der Waals surface area contributed by atoms with Crippen molar-refractivity contribution >= 4 is 0 Å². The highest BCUT2D eigenvalue weighted by Gasteiger charge is 2.03. The van der Waals surface area contributed by atoms with Gasteiger partial charge in [-0.25, -0.2) is 0 Å². The molecule has 0 amide bonds. The van der Waals surface area contributed by atoms with Crippen molar-refractivity contribution in [1.29, 1.82) is 0 Å². The molecule has 0 bridgehead atoms. The molecule has 4 heteroatoms. The van der Waals surface area contributed by atoms with E-state index >= 15 is 0 Å². The van der Waals surface area contributed by atoms with Crippen LogP contribution in [0.2, 0.25) is 0 Å². The minimum absolute atomic E-state index is 0.203. The highest BCUT2D eigenvalue weighted by atomic mass is 19.3. The van der Waals surface area contributed by atoms with Gasteiger partial charge in [-0.1, -0.05) is 31.9 Å².